The Bertz CT molecular complexity index is 1100. The van der Waals surface area contributed by atoms with Gasteiger partial charge in [0.05, 0.1) is 11.7 Å². The predicted molar refractivity (Wildman–Crippen MR) is 110 cm³/mol. The lowest BCUT2D eigenvalue weighted by Crippen LogP contribution is -2.33. The average molecular weight is 398 g/mol. The average Bonchev–Trinajstić information content (AvgIpc) is 3.26. The summed E-state index contributed by atoms with van der Waals surface area (Å²) in [6, 6.07) is 7.93. The first-order valence-electron chi connectivity index (χ1n) is 9.45. The molecule has 0 fully saturated rings. The van der Waals surface area contributed by atoms with E-state index in [0.717, 1.165) is 33.9 Å². The van der Waals surface area contributed by atoms with Crippen molar-refractivity contribution in [3.8, 4) is 5.75 Å². The molecule has 3 heterocycles. The molecule has 0 saturated carbocycles. The highest BCUT2D eigenvalue weighted by atomic mass is 32.1. The van der Waals surface area contributed by atoms with Gasteiger partial charge in [0.15, 0.2) is 0 Å². The first kappa shape index (κ1) is 18.7. The zero-order valence-electron chi connectivity index (χ0n) is 16.3. The molecule has 1 atom stereocenters. The van der Waals surface area contributed by atoms with E-state index in [9.17, 15) is 9.59 Å². The van der Waals surface area contributed by atoms with E-state index in [0.29, 0.717) is 11.9 Å². The van der Waals surface area contributed by atoms with Gasteiger partial charge in [-0.2, -0.15) is 0 Å². The second kappa shape index (κ2) is 7.39. The van der Waals surface area contributed by atoms with Crippen molar-refractivity contribution in [1.82, 2.24) is 14.5 Å². The molecule has 7 heteroatoms. The number of thiophene rings is 1. The molecule has 0 spiro atoms. The summed E-state index contributed by atoms with van der Waals surface area (Å²) < 4.78 is 7.12. The van der Waals surface area contributed by atoms with Gasteiger partial charge in [-0.25, -0.2) is 4.98 Å². The number of amides is 1. The second-order valence-electron chi connectivity index (χ2n) is 7.29. The van der Waals surface area contributed by atoms with Gasteiger partial charge in [-0.15, -0.1) is 11.3 Å². The van der Waals surface area contributed by atoms with Gasteiger partial charge in [0.1, 0.15) is 23.2 Å². The topological polar surface area (TPSA) is 64.4 Å². The second-order valence-corrected chi connectivity index (χ2v) is 8.40. The highest BCUT2D eigenvalue weighted by Gasteiger charge is 2.20. The van der Waals surface area contributed by atoms with E-state index >= 15 is 0 Å². The number of ether oxygens (including phenoxy) is 1. The van der Waals surface area contributed by atoms with Crippen LogP contribution in [-0.4, -0.2) is 33.5 Å². The smallest absolute Gasteiger partial charge is 0.262 e. The number of hydrogen-bond donors (Lipinski definition) is 0. The number of carbonyl (C=O) groups excluding carboxylic acids is 1. The van der Waals surface area contributed by atoms with Crippen LogP contribution >= 0.6 is 11.3 Å². The molecular formula is C21H23N3O3S. The van der Waals surface area contributed by atoms with Gasteiger partial charge in [-0.3, -0.25) is 14.2 Å². The normalized spacial score (nSPS) is 15.5. The van der Waals surface area contributed by atoms with Crippen LogP contribution in [0.2, 0.25) is 0 Å². The molecule has 1 aliphatic heterocycles. The Kier molecular flexibility index (Phi) is 4.93. The SMILES string of the molecule is CCc1cc2c(=O)n(CC(=O)N(C)Cc3ccc4c(c3)CC(C)O4)cnc2s1. The molecule has 28 heavy (non-hydrogen) atoms. The first-order chi connectivity index (χ1) is 13.4. The van der Waals surface area contributed by atoms with Crippen LogP contribution in [0.25, 0.3) is 10.2 Å². The number of rotatable bonds is 5. The Morgan fingerprint density at radius 2 is 2.21 bits per heavy atom. The van der Waals surface area contributed by atoms with E-state index < -0.39 is 0 Å². The Morgan fingerprint density at radius 3 is 3.00 bits per heavy atom. The van der Waals surface area contributed by atoms with Crippen LogP contribution in [0.4, 0.5) is 0 Å². The van der Waals surface area contributed by atoms with E-state index in [4.69, 9.17) is 4.74 Å². The van der Waals surface area contributed by atoms with E-state index in [-0.39, 0.29) is 24.1 Å². The summed E-state index contributed by atoms with van der Waals surface area (Å²) >= 11 is 1.53. The number of fused-ring (bicyclic) bond motifs is 2. The number of benzene rings is 1. The lowest BCUT2D eigenvalue weighted by molar-refractivity contribution is -0.131. The van der Waals surface area contributed by atoms with Gasteiger partial charge in [-0.05, 0) is 36.6 Å². The number of likely N-dealkylation sites (N-methyl/N-ethyl adjacent to an activating group) is 1. The van der Waals surface area contributed by atoms with E-state index in [1.54, 1.807) is 11.9 Å². The van der Waals surface area contributed by atoms with E-state index in [1.807, 2.05) is 25.1 Å². The number of carbonyl (C=O) groups is 1. The van der Waals surface area contributed by atoms with Crippen LogP contribution < -0.4 is 10.3 Å². The van der Waals surface area contributed by atoms with Crippen molar-refractivity contribution in [1.29, 1.82) is 0 Å². The van der Waals surface area contributed by atoms with E-state index in [1.165, 1.54) is 27.8 Å². The van der Waals surface area contributed by atoms with Gasteiger partial charge in [0.2, 0.25) is 5.91 Å². The van der Waals surface area contributed by atoms with Gasteiger partial charge in [-0.1, -0.05) is 19.1 Å². The molecule has 1 aromatic carbocycles. The van der Waals surface area contributed by atoms with Crippen molar-refractivity contribution in [3.63, 3.8) is 0 Å². The Balaban J connectivity index is 1.48. The minimum Gasteiger partial charge on any atom is -0.490 e. The van der Waals surface area contributed by atoms with E-state index in [2.05, 4.69) is 18.0 Å². The maximum absolute atomic E-state index is 12.7. The maximum Gasteiger partial charge on any atom is 0.262 e. The van der Waals surface area contributed by atoms with Crippen LogP contribution in [0.15, 0.2) is 35.4 Å². The standard InChI is InChI=1S/C21H23N3O3S/c1-4-16-9-17-20(28-16)22-12-24(21(17)26)11-19(25)23(3)10-14-5-6-18-15(8-14)7-13(2)27-18/h5-6,8-9,12-13H,4,7,10-11H2,1-3H3. The molecule has 0 aliphatic carbocycles. The summed E-state index contributed by atoms with van der Waals surface area (Å²) in [5, 5.41) is 0.590. The minimum absolute atomic E-state index is 0.0132. The number of nitrogens with zero attached hydrogens (tertiary/aromatic N) is 3. The summed E-state index contributed by atoms with van der Waals surface area (Å²) in [7, 11) is 1.76. The Labute approximate surface area is 167 Å². The molecule has 1 unspecified atom stereocenters. The monoisotopic (exact) mass is 397 g/mol. The Morgan fingerprint density at radius 1 is 1.39 bits per heavy atom. The zero-order chi connectivity index (χ0) is 19.8. The highest BCUT2D eigenvalue weighted by Crippen LogP contribution is 2.29. The van der Waals surface area contributed by atoms with Crippen molar-refractivity contribution in [2.45, 2.75) is 45.9 Å². The molecule has 0 saturated heterocycles. The molecule has 146 valence electrons. The largest absolute Gasteiger partial charge is 0.490 e. The molecule has 2 aromatic heterocycles. The number of aromatic nitrogens is 2. The Hall–Kier alpha value is -2.67. The van der Waals surface area contributed by atoms with Gasteiger partial charge >= 0.3 is 0 Å². The molecule has 3 aromatic rings. The van der Waals surface area contributed by atoms with Crippen molar-refractivity contribution in [2.75, 3.05) is 7.05 Å². The van der Waals surface area contributed by atoms with Gasteiger partial charge in [0.25, 0.3) is 5.56 Å². The fourth-order valence-corrected chi connectivity index (χ4v) is 4.42. The fourth-order valence-electron chi connectivity index (χ4n) is 3.50. The van der Waals surface area contributed by atoms with Crippen LogP contribution in [0, 0.1) is 0 Å². The summed E-state index contributed by atoms with van der Waals surface area (Å²) in [6.07, 6.45) is 3.43. The fraction of sp³-hybridized carbons (Fsp3) is 0.381. The highest BCUT2D eigenvalue weighted by molar-refractivity contribution is 7.18. The maximum atomic E-state index is 12.7. The minimum atomic E-state index is -0.161. The van der Waals surface area contributed by atoms with Crippen LogP contribution in [-0.2, 0) is 30.7 Å². The van der Waals surface area contributed by atoms with Crippen molar-refractivity contribution >= 4 is 27.5 Å². The third-order valence-corrected chi connectivity index (χ3v) is 6.22. The molecule has 0 bridgehead atoms. The van der Waals surface area contributed by atoms with Gasteiger partial charge < -0.3 is 9.64 Å². The molecular weight excluding hydrogens is 374 g/mol. The molecule has 0 radical (unpaired) electrons. The predicted octanol–water partition coefficient (Wildman–Crippen LogP) is 3.00. The summed E-state index contributed by atoms with van der Waals surface area (Å²) in [5.74, 6) is 0.803. The molecule has 4 rings (SSSR count). The van der Waals surface area contributed by atoms with Crippen molar-refractivity contribution in [2.24, 2.45) is 0 Å². The summed E-state index contributed by atoms with van der Waals surface area (Å²) in [4.78, 5) is 33.2. The number of hydrogen-bond acceptors (Lipinski definition) is 5. The lowest BCUT2D eigenvalue weighted by atomic mass is 10.1. The third-order valence-electron chi connectivity index (χ3n) is 5.03. The molecule has 6 nitrogen and oxygen atoms in total. The molecule has 1 aliphatic rings. The molecule has 0 N–H and O–H groups in total. The van der Waals surface area contributed by atoms with Crippen molar-refractivity contribution < 1.29 is 9.53 Å². The lowest BCUT2D eigenvalue weighted by Gasteiger charge is -2.18. The van der Waals surface area contributed by atoms with Crippen LogP contribution in [0.1, 0.15) is 29.9 Å². The van der Waals surface area contributed by atoms with Crippen molar-refractivity contribution in [3.05, 3.63) is 57.0 Å². The number of aryl methyl sites for hydroxylation is 1. The third kappa shape index (κ3) is 3.54. The summed E-state index contributed by atoms with van der Waals surface area (Å²) in [6.45, 7) is 4.58. The van der Waals surface area contributed by atoms with Crippen LogP contribution in [0.3, 0.4) is 0 Å². The van der Waals surface area contributed by atoms with Crippen LogP contribution in [0.5, 0.6) is 5.75 Å². The molecule has 1 amide bonds. The van der Waals surface area contributed by atoms with Gasteiger partial charge in [0, 0.05) is 24.9 Å². The first-order valence-corrected chi connectivity index (χ1v) is 10.3. The zero-order valence-corrected chi connectivity index (χ0v) is 17.1. The quantitative estimate of drug-likeness (QED) is 0.664. The summed E-state index contributed by atoms with van der Waals surface area (Å²) in [5.41, 5.74) is 2.07.